The molecule has 0 saturated carbocycles. The molecule has 0 radical (unpaired) electrons. The largest absolute Gasteiger partial charge is 0.381 e. The molecule has 1 aliphatic heterocycles. The molecule has 1 aromatic carbocycles. The van der Waals surface area contributed by atoms with E-state index in [2.05, 4.69) is 0 Å². The Bertz CT molecular complexity index is 341. The summed E-state index contributed by atoms with van der Waals surface area (Å²) in [6.45, 7) is 1.81. The lowest BCUT2D eigenvalue weighted by Crippen LogP contribution is -2.29. The van der Waals surface area contributed by atoms with E-state index in [0.29, 0.717) is 11.5 Å². The van der Waals surface area contributed by atoms with Gasteiger partial charge >= 0.3 is 0 Å². The Morgan fingerprint density at radius 3 is 2.47 bits per heavy atom. The van der Waals surface area contributed by atoms with Crippen molar-refractivity contribution in [3.63, 3.8) is 0 Å². The van der Waals surface area contributed by atoms with Crippen LogP contribution in [0.3, 0.4) is 0 Å². The topological polar surface area (TPSA) is 52.3 Å². The molecular weight excluding hydrogens is 190 g/mol. The molecule has 0 bridgehead atoms. The minimum Gasteiger partial charge on any atom is -0.381 e. The summed E-state index contributed by atoms with van der Waals surface area (Å²) < 4.78 is 5.12. The maximum Gasteiger partial charge on any atom is 0.176 e. The summed E-state index contributed by atoms with van der Waals surface area (Å²) in [6.07, 6.45) is 1.04. The zero-order chi connectivity index (χ0) is 10.7. The number of ketones is 1. The summed E-state index contributed by atoms with van der Waals surface area (Å²) in [5.41, 5.74) is 7.25. The van der Waals surface area contributed by atoms with Gasteiger partial charge in [0.15, 0.2) is 5.78 Å². The monoisotopic (exact) mass is 205 g/mol. The highest BCUT2D eigenvalue weighted by atomic mass is 16.5. The molecule has 2 N–H and O–H groups in total. The molecule has 15 heavy (non-hydrogen) atoms. The number of ether oxygens (including phenoxy) is 1. The van der Waals surface area contributed by atoms with Gasteiger partial charge in [-0.05, 0) is 12.0 Å². The van der Waals surface area contributed by atoms with Crippen molar-refractivity contribution in [2.75, 3.05) is 19.8 Å². The smallest absolute Gasteiger partial charge is 0.176 e. The van der Waals surface area contributed by atoms with Gasteiger partial charge in [0.2, 0.25) is 0 Å². The zero-order valence-corrected chi connectivity index (χ0v) is 8.61. The summed E-state index contributed by atoms with van der Waals surface area (Å²) in [7, 11) is 0. The molecule has 0 aliphatic carbocycles. The predicted molar refractivity (Wildman–Crippen MR) is 57.8 cm³/mol. The number of rotatable bonds is 4. The summed E-state index contributed by atoms with van der Waals surface area (Å²) >= 11 is 0. The molecule has 0 unspecified atom stereocenters. The van der Waals surface area contributed by atoms with E-state index in [-0.39, 0.29) is 12.3 Å². The van der Waals surface area contributed by atoms with Crippen molar-refractivity contribution in [3.05, 3.63) is 35.4 Å². The molecule has 0 amide bonds. The van der Waals surface area contributed by atoms with E-state index in [1.54, 1.807) is 0 Å². The second kappa shape index (κ2) is 4.55. The Hall–Kier alpha value is -1.19. The lowest BCUT2D eigenvalue weighted by molar-refractivity contribution is -0.0312. The Balaban J connectivity index is 1.99. The molecule has 0 aromatic heterocycles. The van der Waals surface area contributed by atoms with Gasteiger partial charge in [0.1, 0.15) is 0 Å². The second-order valence-electron chi connectivity index (χ2n) is 3.93. The molecule has 1 saturated heterocycles. The van der Waals surface area contributed by atoms with Crippen LogP contribution in [0.5, 0.6) is 0 Å². The van der Waals surface area contributed by atoms with E-state index in [1.165, 1.54) is 5.56 Å². The first-order chi connectivity index (χ1) is 7.29. The van der Waals surface area contributed by atoms with E-state index in [0.717, 1.165) is 19.6 Å². The average molecular weight is 205 g/mol. The first kappa shape index (κ1) is 10.3. The molecule has 1 aromatic rings. The molecule has 0 spiro atoms. The fourth-order valence-electron chi connectivity index (χ4n) is 1.68. The van der Waals surface area contributed by atoms with E-state index in [9.17, 15) is 4.79 Å². The average Bonchev–Trinajstić information content (AvgIpc) is 2.23. The summed E-state index contributed by atoms with van der Waals surface area (Å²) in [4.78, 5) is 11.3. The molecule has 2 rings (SSSR count). The number of Topliss-reactive ketones (excluding diaryl/α,β-unsaturated/α-hetero) is 1. The predicted octanol–water partition coefficient (Wildman–Crippen LogP) is 1.02. The molecule has 80 valence electrons. The highest BCUT2D eigenvalue weighted by molar-refractivity contribution is 5.97. The third kappa shape index (κ3) is 2.43. The number of nitrogens with two attached hydrogens (primary N) is 1. The molecule has 1 fully saturated rings. The molecule has 3 nitrogen and oxygen atoms in total. The van der Waals surface area contributed by atoms with Gasteiger partial charge in [-0.1, -0.05) is 24.3 Å². The van der Waals surface area contributed by atoms with Crippen molar-refractivity contribution in [2.24, 2.45) is 11.7 Å². The Labute approximate surface area is 89.2 Å². The number of carbonyl (C=O) groups excluding carboxylic acids is 1. The van der Waals surface area contributed by atoms with Crippen LogP contribution in [-0.4, -0.2) is 25.5 Å². The first-order valence-electron chi connectivity index (χ1n) is 5.19. The van der Waals surface area contributed by atoms with Crippen LogP contribution >= 0.6 is 0 Å². The Morgan fingerprint density at radius 2 is 2.00 bits per heavy atom. The zero-order valence-electron chi connectivity index (χ0n) is 8.61. The number of hydrogen-bond donors (Lipinski definition) is 1. The Kier molecular flexibility index (Phi) is 3.14. The SMILES string of the molecule is NCC(=O)c1ccc(CC2COC2)cc1. The highest BCUT2D eigenvalue weighted by Crippen LogP contribution is 2.17. The van der Waals surface area contributed by atoms with Gasteiger partial charge in [0.05, 0.1) is 19.8 Å². The van der Waals surface area contributed by atoms with Crippen molar-refractivity contribution in [1.82, 2.24) is 0 Å². The number of benzene rings is 1. The van der Waals surface area contributed by atoms with Crippen LogP contribution in [0, 0.1) is 5.92 Å². The molecule has 0 atom stereocenters. The van der Waals surface area contributed by atoms with Crippen LogP contribution in [0.2, 0.25) is 0 Å². The van der Waals surface area contributed by atoms with E-state index in [4.69, 9.17) is 10.5 Å². The summed E-state index contributed by atoms with van der Waals surface area (Å²) in [5, 5.41) is 0. The van der Waals surface area contributed by atoms with Crippen LogP contribution < -0.4 is 5.73 Å². The fourth-order valence-corrected chi connectivity index (χ4v) is 1.68. The van der Waals surface area contributed by atoms with Gasteiger partial charge in [0, 0.05) is 11.5 Å². The minimum atomic E-state index is -0.00599. The van der Waals surface area contributed by atoms with Gasteiger partial charge in [-0.3, -0.25) is 4.79 Å². The van der Waals surface area contributed by atoms with Crippen molar-refractivity contribution < 1.29 is 9.53 Å². The van der Waals surface area contributed by atoms with Crippen LogP contribution in [-0.2, 0) is 11.2 Å². The van der Waals surface area contributed by atoms with Gasteiger partial charge in [-0.25, -0.2) is 0 Å². The lowest BCUT2D eigenvalue weighted by Gasteiger charge is -2.25. The third-order valence-electron chi connectivity index (χ3n) is 2.69. The van der Waals surface area contributed by atoms with Crippen LogP contribution in [0.25, 0.3) is 0 Å². The van der Waals surface area contributed by atoms with Gasteiger partial charge < -0.3 is 10.5 Å². The number of hydrogen-bond acceptors (Lipinski definition) is 3. The highest BCUT2D eigenvalue weighted by Gasteiger charge is 2.18. The number of carbonyl (C=O) groups is 1. The van der Waals surface area contributed by atoms with E-state index in [1.807, 2.05) is 24.3 Å². The molecule has 3 heteroatoms. The quantitative estimate of drug-likeness (QED) is 0.746. The van der Waals surface area contributed by atoms with Crippen molar-refractivity contribution in [1.29, 1.82) is 0 Å². The van der Waals surface area contributed by atoms with Crippen LogP contribution in [0.15, 0.2) is 24.3 Å². The van der Waals surface area contributed by atoms with Crippen molar-refractivity contribution in [2.45, 2.75) is 6.42 Å². The normalized spacial score (nSPS) is 16.1. The van der Waals surface area contributed by atoms with Crippen LogP contribution in [0.1, 0.15) is 15.9 Å². The first-order valence-corrected chi connectivity index (χ1v) is 5.19. The van der Waals surface area contributed by atoms with Gasteiger partial charge in [-0.15, -0.1) is 0 Å². The van der Waals surface area contributed by atoms with Gasteiger partial charge in [0.25, 0.3) is 0 Å². The standard InChI is InChI=1S/C12H15NO2/c13-6-12(14)11-3-1-9(2-4-11)5-10-7-15-8-10/h1-4,10H,5-8,13H2. The molecular formula is C12H15NO2. The summed E-state index contributed by atoms with van der Waals surface area (Å²) in [6, 6.07) is 7.70. The van der Waals surface area contributed by atoms with Crippen LogP contribution in [0.4, 0.5) is 0 Å². The molecule has 1 aliphatic rings. The minimum absolute atomic E-state index is 0.00599. The van der Waals surface area contributed by atoms with Crippen molar-refractivity contribution in [3.8, 4) is 0 Å². The lowest BCUT2D eigenvalue weighted by atomic mass is 9.97. The van der Waals surface area contributed by atoms with Crippen molar-refractivity contribution >= 4 is 5.78 Å². The third-order valence-corrected chi connectivity index (χ3v) is 2.69. The maximum atomic E-state index is 11.3. The van der Waals surface area contributed by atoms with E-state index < -0.39 is 0 Å². The fraction of sp³-hybridized carbons (Fsp3) is 0.417. The second-order valence-corrected chi connectivity index (χ2v) is 3.93. The van der Waals surface area contributed by atoms with E-state index >= 15 is 0 Å². The summed E-state index contributed by atoms with van der Waals surface area (Å²) in [5.74, 6) is 0.648. The molecule has 1 heterocycles. The van der Waals surface area contributed by atoms with Gasteiger partial charge in [-0.2, -0.15) is 0 Å². The maximum absolute atomic E-state index is 11.3. The Morgan fingerprint density at radius 1 is 1.33 bits per heavy atom.